The van der Waals surface area contributed by atoms with Gasteiger partial charge in [0, 0.05) is 19.0 Å². The van der Waals surface area contributed by atoms with Crippen LogP contribution in [0.2, 0.25) is 0 Å². The molecule has 172 valence electrons. The Hall–Kier alpha value is -3.40. The Morgan fingerprint density at radius 1 is 0.758 bits per heavy atom. The number of rotatable bonds is 9. The lowest BCUT2D eigenvalue weighted by atomic mass is 10.0. The topological polar surface area (TPSA) is 49.4 Å². The molecule has 3 rings (SSSR count). The smallest absolute Gasteiger partial charge is 0.243 e. The maximum atomic E-state index is 13.6. The van der Waals surface area contributed by atoms with Gasteiger partial charge in [0.05, 0.1) is 6.42 Å². The van der Waals surface area contributed by atoms with Gasteiger partial charge in [-0.3, -0.25) is 9.59 Å². The zero-order valence-electron chi connectivity index (χ0n) is 20.0. The fraction of sp³-hybridized carbons (Fsp3) is 0.310. The minimum Gasteiger partial charge on any atom is -0.352 e. The van der Waals surface area contributed by atoms with Crippen molar-refractivity contribution < 1.29 is 9.59 Å². The molecule has 0 aliphatic rings. The van der Waals surface area contributed by atoms with Crippen molar-refractivity contribution >= 4 is 11.8 Å². The second-order valence-corrected chi connectivity index (χ2v) is 9.04. The van der Waals surface area contributed by atoms with Gasteiger partial charge in [0.2, 0.25) is 11.8 Å². The van der Waals surface area contributed by atoms with Crippen LogP contribution in [0.1, 0.15) is 41.7 Å². The zero-order chi connectivity index (χ0) is 23.8. The lowest BCUT2D eigenvalue weighted by Crippen LogP contribution is -2.52. The predicted octanol–water partition coefficient (Wildman–Crippen LogP) is 5.01. The fourth-order valence-electron chi connectivity index (χ4n) is 3.81. The maximum absolute atomic E-state index is 13.6. The Balaban J connectivity index is 1.95. The van der Waals surface area contributed by atoms with Crippen molar-refractivity contribution in [2.75, 3.05) is 0 Å². The van der Waals surface area contributed by atoms with Crippen molar-refractivity contribution in [1.82, 2.24) is 10.2 Å². The highest BCUT2D eigenvalue weighted by atomic mass is 16.2. The van der Waals surface area contributed by atoms with E-state index in [1.807, 2.05) is 107 Å². The molecule has 33 heavy (non-hydrogen) atoms. The van der Waals surface area contributed by atoms with E-state index in [2.05, 4.69) is 5.32 Å². The Bertz CT molecular complexity index is 1040. The average molecular weight is 443 g/mol. The van der Waals surface area contributed by atoms with Crippen LogP contribution in [0.3, 0.4) is 0 Å². The minimum atomic E-state index is -0.603. The van der Waals surface area contributed by atoms with E-state index in [0.29, 0.717) is 13.0 Å². The number of carbonyl (C=O) groups is 2. The first-order valence-electron chi connectivity index (χ1n) is 11.6. The van der Waals surface area contributed by atoms with E-state index in [0.717, 1.165) is 27.8 Å². The van der Waals surface area contributed by atoms with Gasteiger partial charge in [-0.05, 0) is 44.4 Å². The Morgan fingerprint density at radius 2 is 1.30 bits per heavy atom. The summed E-state index contributed by atoms with van der Waals surface area (Å²) in [5, 5.41) is 3.03. The third-order valence-corrected chi connectivity index (χ3v) is 5.65. The molecule has 0 aliphatic heterocycles. The van der Waals surface area contributed by atoms with E-state index >= 15 is 0 Å². The molecule has 1 unspecified atom stereocenters. The summed E-state index contributed by atoms with van der Waals surface area (Å²) in [6.45, 7) is 8.33. The molecule has 0 saturated heterocycles. The Kier molecular flexibility index (Phi) is 8.42. The molecule has 4 heteroatoms. The van der Waals surface area contributed by atoms with E-state index in [-0.39, 0.29) is 24.3 Å². The molecule has 0 spiro atoms. The SMILES string of the molecule is Cc1ccc(CC(=O)N(Cc2ccc(C)cc2)C(Cc2ccccc2)C(=O)NC(C)C)cc1. The van der Waals surface area contributed by atoms with Crippen LogP contribution in [0.15, 0.2) is 78.9 Å². The van der Waals surface area contributed by atoms with E-state index < -0.39 is 6.04 Å². The van der Waals surface area contributed by atoms with Gasteiger partial charge in [0.15, 0.2) is 0 Å². The maximum Gasteiger partial charge on any atom is 0.243 e. The average Bonchev–Trinajstić information content (AvgIpc) is 2.79. The number of benzene rings is 3. The van der Waals surface area contributed by atoms with Crippen LogP contribution in [0, 0.1) is 13.8 Å². The molecule has 1 N–H and O–H groups in total. The normalized spacial score (nSPS) is 11.8. The van der Waals surface area contributed by atoms with Crippen molar-refractivity contribution in [1.29, 1.82) is 0 Å². The first-order chi connectivity index (χ1) is 15.8. The number of nitrogens with zero attached hydrogens (tertiary/aromatic N) is 1. The zero-order valence-corrected chi connectivity index (χ0v) is 20.0. The standard InChI is InChI=1S/C29H34N2O2/c1-21(2)30-29(33)27(18-24-8-6-5-7-9-24)31(20-26-16-12-23(4)13-17-26)28(32)19-25-14-10-22(3)11-15-25/h5-17,21,27H,18-20H2,1-4H3,(H,30,33). The number of hydrogen-bond acceptors (Lipinski definition) is 2. The van der Waals surface area contributed by atoms with Crippen LogP contribution in [0.5, 0.6) is 0 Å². The molecule has 0 heterocycles. The van der Waals surface area contributed by atoms with Crippen molar-refractivity contribution in [3.63, 3.8) is 0 Å². The first-order valence-corrected chi connectivity index (χ1v) is 11.6. The Morgan fingerprint density at radius 3 is 1.85 bits per heavy atom. The van der Waals surface area contributed by atoms with Gasteiger partial charge in [0.25, 0.3) is 0 Å². The van der Waals surface area contributed by atoms with Gasteiger partial charge >= 0.3 is 0 Å². The van der Waals surface area contributed by atoms with Crippen molar-refractivity contribution in [3.05, 3.63) is 107 Å². The second-order valence-electron chi connectivity index (χ2n) is 9.04. The van der Waals surface area contributed by atoms with Gasteiger partial charge in [-0.2, -0.15) is 0 Å². The van der Waals surface area contributed by atoms with Gasteiger partial charge in [-0.15, -0.1) is 0 Å². The van der Waals surface area contributed by atoms with Gasteiger partial charge in [0.1, 0.15) is 6.04 Å². The highest BCUT2D eigenvalue weighted by Gasteiger charge is 2.30. The van der Waals surface area contributed by atoms with Crippen LogP contribution in [0.25, 0.3) is 0 Å². The monoisotopic (exact) mass is 442 g/mol. The van der Waals surface area contributed by atoms with Crippen LogP contribution in [-0.4, -0.2) is 28.8 Å². The van der Waals surface area contributed by atoms with Crippen LogP contribution in [-0.2, 0) is 29.0 Å². The van der Waals surface area contributed by atoms with E-state index in [1.54, 1.807) is 4.90 Å². The van der Waals surface area contributed by atoms with Crippen molar-refractivity contribution in [2.45, 2.75) is 59.2 Å². The summed E-state index contributed by atoms with van der Waals surface area (Å²) in [7, 11) is 0. The molecule has 0 radical (unpaired) electrons. The highest BCUT2D eigenvalue weighted by Crippen LogP contribution is 2.17. The molecule has 3 aromatic rings. The third kappa shape index (κ3) is 7.31. The molecule has 4 nitrogen and oxygen atoms in total. The summed E-state index contributed by atoms with van der Waals surface area (Å²) in [6.07, 6.45) is 0.720. The van der Waals surface area contributed by atoms with Crippen molar-refractivity contribution in [3.8, 4) is 0 Å². The van der Waals surface area contributed by atoms with Gasteiger partial charge in [-0.25, -0.2) is 0 Å². The second kappa shape index (κ2) is 11.5. The van der Waals surface area contributed by atoms with Crippen LogP contribution >= 0.6 is 0 Å². The van der Waals surface area contributed by atoms with Crippen LogP contribution in [0.4, 0.5) is 0 Å². The molecular weight excluding hydrogens is 408 g/mol. The van der Waals surface area contributed by atoms with Gasteiger partial charge < -0.3 is 10.2 Å². The summed E-state index contributed by atoms with van der Waals surface area (Å²) in [5.74, 6) is -0.183. The lowest BCUT2D eigenvalue weighted by molar-refractivity contribution is -0.141. The third-order valence-electron chi connectivity index (χ3n) is 5.65. The quantitative estimate of drug-likeness (QED) is 0.506. The van der Waals surface area contributed by atoms with E-state index in [4.69, 9.17) is 0 Å². The molecule has 2 amide bonds. The minimum absolute atomic E-state index is 0.0100. The summed E-state index contributed by atoms with van der Waals surface area (Å²) < 4.78 is 0. The molecule has 0 aromatic heterocycles. The summed E-state index contributed by atoms with van der Waals surface area (Å²) in [4.78, 5) is 28.7. The van der Waals surface area contributed by atoms with Gasteiger partial charge in [-0.1, -0.05) is 90.0 Å². The first kappa shape index (κ1) is 24.2. The number of hydrogen-bond donors (Lipinski definition) is 1. The van der Waals surface area contributed by atoms with E-state index in [9.17, 15) is 9.59 Å². The number of aryl methyl sites for hydroxylation is 2. The lowest BCUT2D eigenvalue weighted by Gasteiger charge is -2.32. The molecule has 0 bridgehead atoms. The number of carbonyl (C=O) groups excluding carboxylic acids is 2. The molecule has 0 fully saturated rings. The van der Waals surface area contributed by atoms with Crippen LogP contribution < -0.4 is 5.32 Å². The molecule has 0 saturated carbocycles. The predicted molar refractivity (Wildman–Crippen MR) is 134 cm³/mol. The summed E-state index contributed by atoms with van der Waals surface area (Å²) >= 11 is 0. The van der Waals surface area contributed by atoms with E-state index in [1.165, 1.54) is 0 Å². The molecule has 1 atom stereocenters. The molecule has 0 aliphatic carbocycles. The largest absolute Gasteiger partial charge is 0.352 e. The number of amides is 2. The highest BCUT2D eigenvalue weighted by molar-refractivity contribution is 5.89. The fourth-order valence-corrected chi connectivity index (χ4v) is 3.81. The number of nitrogens with one attached hydrogen (secondary N) is 1. The van der Waals surface area contributed by atoms with Crippen molar-refractivity contribution in [2.24, 2.45) is 0 Å². The molecular formula is C29H34N2O2. The summed E-state index contributed by atoms with van der Waals surface area (Å²) in [6, 6.07) is 25.4. The molecule has 3 aromatic carbocycles. The summed E-state index contributed by atoms with van der Waals surface area (Å²) in [5.41, 5.74) is 5.30. The Labute approximate surface area is 197 Å².